The van der Waals surface area contributed by atoms with Crippen molar-refractivity contribution in [2.45, 2.75) is 19.4 Å². The number of para-hydroxylation sites is 1. The third-order valence-corrected chi connectivity index (χ3v) is 2.78. The van der Waals surface area contributed by atoms with Crippen LogP contribution in [0.1, 0.15) is 12.5 Å². The summed E-state index contributed by atoms with van der Waals surface area (Å²) in [6.45, 7) is 2.15. The summed E-state index contributed by atoms with van der Waals surface area (Å²) in [6, 6.07) is 7.82. The number of hydrogen-bond donors (Lipinski definition) is 3. The number of carbonyl (C=O) groups is 1. The molecule has 1 atom stereocenters. The van der Waals surface area contributed by atoms with E-state index in [9.17, 15) is 4.79 Å². The lowest BCUT2D eigenvalue weighted by atomic mass is 10.1. The topological polar surface area (TPSA) is 80.1 Å². The molecule has 2 aromatic rings. The Balaban J connectivity index is 2.03. The van der Waals surface area contributed by atoms with E-state index in [1.54, 1.807) is 0 Å². The van der Waals surface area contributed by atoms with Crippen LogP contribution in [-0.2, 0) is 16.1 Å². The number of nitrogens with one attached hydrogen (secondary N) is 2. The zero-order chi connectivity index (χ0) is 13.0. The number of H-pyrrole nitrogens is 1. The number of aromatic amines is 1. The van der Waals surface area contributed by atoms with Gasteiger partial charge in [-0.25, -0.2) is 5.90 Å². The maximum Gasteiger partial charge on any atom is 0.224 e. The SMILES string of the molecule is CC(CON)NC(=O)Cc1c[nH]c2ccccc12. The monoisotopic (exact) mass is 247 g/mol. The van der Waals surface area contributed by atoms with Crippen molar-refractivity contribution >= 4 is 16.8 Å². The Morgan fingerprint density at radius 2 is 2.28 bits per heavy atom. The predicted molar refractivity (Wildman–Crippen MR) is 69.7 cm³/mol. The van der Waals surface area contributed by atoms with Gasteiger partial charge in [0.15, 0.2) is 0 Å². The summed E-state index contributed by atoms with van der Waals surface area (Å²) in [4.78, 5) is 19.5. The van der Waals surface area contributed by atoms with Crippen molar-refractivity contribution in [3.05, 3.63) is 36.0 Å². The fourth-order valence-corrected chi connectivity index (χ4v) is 1.96. The van der Waals surface area contributed by atoms with Crippen LogP contribution >= 0.6 is 0 Å². The highest BCUT2D eigenvalue weighted by atomic mass is 16.6. The van der Waals surface area contributed by atoms with Gasteiger partial charge in [0.2, 0.25) is 5.91 Å². The van der Waals surface area contributed by atoms with Gasteiger partial charge in [-0.1, -0.05) is 18.2 Å². The van der Waals surface area contributed by atoms with Crippen LogP contribution in [0.5, 0.6) is 0 Å². The molecule has 0 saturated heterocycles. The van der Waals surface area contributed by atoms with Crippen LogP contribution in [0.3, 0.4) is 0 Å². The molecule has 5 nitrogen and oxygen atoms in total. The van der Waals surface area contributed by atoms with Gasteiger partial charge in [0.1, 0.15) is 0 Å². The minimum Gasteiger partial charge on any atom is -0.361 e. The first kappa shape index (κ1) is 12.6. The molecular weight excluding hydrogens is 230 g/mol. The summed E-state index contributed by atoms with van der Waals surface area (Å²) in [6.07, 6.45) is 2.22. The van der Waals surface area contributed by atoms with E-state index in [1.165, 1.54) is 0 Å². The molecule has 1 heterocycles. The number of nitrogens with two attached hydrogens (primary N) is 1. The Morgan fingerprint density at radius 1 is 1.50 bits per heavy atom. The Kier molecular flexibility index (Phi) is 3.96. The summed E-state index contributed by atoms with van der Waals surface area (Å²) in [7, 11) is 0. The molecule has 2 rings (SSSR count). The van der Waals surface area contributed by atoms with Gasteiger partial charge < -0.3 is 15.1 Å². The molecule has 0 aliphatic heterocycles. The van der Waals surface area contributed by atoms with Gasteiger partial charge in [0, 0.05) is 17.1 Å². The molecule has 0 radical (unpaired) electrons. The van der Waals surface area contributed by atoms with E-state index in [0.29, 0.717) is 13.0 Å². The quantitative estimate of drug-likeness (QED) is 0.692. The number of amides is 1. The van der Waals surface area contributed by atoms with Crippen LogP contribution in [0.2, 0.25) is 0 Å². The third kappa shape index (κ3) is 2.88. The highest BCUT2D eigenvalue weighted by Gasteiger charge is 2.10. The second-order valence-electron chi connectivity index (χ2n) is 4.34. The average molecular weight is 247 g/mol. The molecule has 96 valence electrons. The maximum atomic E-state index is 11.8. The highest BCUT2D eigenvalue weighted by molar-refractivity contribution is 5.88. The third-order valence-electron chi connectivity index (χ3n) is 2.78. The summed E-state index contributed by atoms with van der Waals surface area (Å²) in [5.41, 5.74) is 2.03. The van der Waals surface area contributed by atoms with E-state index in [1.807, 2.05) is 37.4 Å². The number of rotatable bonds is 5. The van der Waals surface area contributed by atoms with Crippen molar-refractivity contribution in [1.29, 1.82) is 0 Å². The molecule has 1 unspecified atom stereocenters. The summed E-state index contributed by atoms with van der Waals surface area (Å²) in [5, 5.41) is 3.91. The molecule has 0 spiro atoms. The Hall–Kier alpha value is -1.85. The zero-order valence-electron chi connectivity index (χ0n) is 10.3. The van der Waals surface area contributed by atoms with Gasteiger partial charge in [-0.2, -0.15) is 0 Å². The molecule has 0 fully saturated rings. The zero-order valence-corrected chi connectivity index (χ0v) is 10.3. The van der Waals surface area contributed by atoms with Crippen LogP contribution in [0.25, 0.3) is 10.9 Å². The standard InChI is InChI=1S/C13H17N3O2/c1-9(8-18-14)16-13(17)6-10-7-15-12-5-3-2-4-11(10)12/h2-5,7,9,15H,6,8,14H2,1H3,(H,16,17). The van der Waals surface area contributed by atoms with Gasteiger partial charge in [-0.3, -0.25) is 4.79 Å². The van der Waals surface area contributed by atoms with Gasteiger partial charge in [0.25, 0.3) is 0 Å². The molecule has 1 amide bonds. The number of benzene rings is 1. The van der Waals surface area contributed by atoms with Gasteiger partial charge in [-0.15, -0.1) is 0 Å². The normalized spacial score (nSPS) is 12.6. The van der Waals surface area contributed by atoms with Crippen molar-refractivity contribution in [2.75, 3.05) is 6.61 Å². The van der Waals surface area contributed by atoms with Crippen molar-refractivity contribution in [2.24, 2.45) is 5.90 Å². The van der Waals surface area contributed by atoms with Crippen LogP contribution in [0.15, 0.2) is 30.5 Å². The van der Waals surface area contributed by atoms with Crippen LogP contribution < -0.4 is 11.2 Å². The molecule has 0 aliphatic carbocycles. The molecule has 1 aromatic heterocycles. The summed E-state index contributed by atoms with van der Waals surface area (Å²) in [5.74, 6) is 4.92. The Morgan fingerprint density at radius 3 is 3.06 bits per heavy atom. The lowest BCUT2D eigenvalue weighted by molar-refractivity contribution is -0.121. The molecule has 0 aliphatic rings. The van der Waals surface area contributed by atoms with Gasteiger partial charge >= 0.3 is 0 Å². The lowest BCUT2D eigenvalue weighted by Gasteiger charge is -2.11. The minimum absolute atomic E-state index is 0.0377. The second-order valence-corrected chi connectivity index (χ2v) is 4.34. The van der Waals surface area contributed by atoms with Crippen molar-refractivity contribution in [3.63, 3.8) is 0 Å². The first-order valence-electron chi connectivity index (χ1n) is 5.86. The number of hydrogen-bond acceptors (Lipinski definition) is 3. The smallest absolute Gasteiger partial charge is 0.224 e. The fraction of sp³-hybridized carbons (Fsp3) is 0.308. The van der Waals surface area contributed by atoms with Gasteiger partial charge in [0.05, 0.1) is 19.1 Å². The van der Waals surface area contributed by atoms with Crippen molar-refractivity contribution in [3.8, 4) is 0 Å². The van der Waals surface area contributed by atoms with Crippen LogP contribution in [0.4, 0.5) is 0 Å². The highest BCUT2D eigenvalue weighted by Crippen LogP contribution is 2.17. The van der Waals surface area contributed by atoms with E-state index in [0.717, 1.165) is 16.5 Å². The molecule has 1 aromatic carbocycles. The summed E-state index contributed by atoms with van der Waals surface area (Å²) >= 11 is 0. The van der Waals surface area contributed by atoms with Gasteiger partial charge in [-0.05, 0) is 18.6 Å². The Labute approximate surface area is 105 Å². The largest absolute Gasteiger partial charge is 0.361 e. The van der Waals surface area contributed by atoms with E-state index in [2.05, 4.69) is 15.1 Å². The molecule has 18 heavy (non-hydrogen) atoms. The van der Waals surface area contributed by atoms with Crippen molar-refractivity contribution in [1.82, 2.24) is 10.3 Å². The van der Waals surface area contributed by atoms with E-state index >= 15 is 0 Å². The number of aromatic nitrogens is 1. The predicted octanol–water partition coefficient (Wildman–Crippen LogP) is 1.11. The second kappa shape index (κ2) is 5.66. The molecule has 0 saturated carbocycles. The van der Waals surface area contributed by atoms with E-state index in [-0.39, 0.29) is 11.9 Å². The molecule has 0 bridgehead atoms. The van der Waals surface area contributed by atoms with E-state index in [4.69, 9.17) is 5.90 Å². The first-order valence-corrected chi connectivity index (χ1v) is 5.86. The first-order chi connectivity index (χ1) is 8.70. The fourth-order valence-electron chi connectivity index (χ4n) is 1.96. The van der Waals surface area contributed by atoms with Crippen molar-refractivity contribution < 1.29 is 9.63 Å². The number of carbonyl (C=O) groups excluding carboxylic acids is 1. The van der Waals surface area contributed by atoms with E-state index < -0.39 is 0 Å². The lowest BCUT2D eigenvalue weighted by Crippen LogP contribution is -2.37. The molecule has 4 N–H and O–H groups in total. The summed E-state index contributed by atoms with van der Waals surface area (Å²) < 4.78 is 0. The van der Waals surface area contributed by atoms with Crippen LogP contribution in [-0.4, -0.2) is 23.5 Å². The molecular formula is C13H17N3O2. The Bertz CT molecular complexity index is 536. The molecule has 5 heteroatoms. The average Bonchev–Trinajstić information content (AvgIpc) is 2.73. The minimum atomic E-state index is -0.0901. The number of fused-ring (bicyclic) bond motifs is 1. The maximum absolute atomic E-state index is 11.8. The van der Waals surface area contributed by atoms with Crippen LogP contribution in [0, 0.1) is 0 Å².